The van der Waals surface area contributed by atoms with E-state index in [2.05, 4.69) is 29.4 Å². The normalized spacial score (nSPS) is 12.4. The first-order valence-electron chi connectivity index (χ1n) is 8.47. The maximum atomic E-state index is 12.6. The topological polar surface area (TPSA) is 51.4 Å². The molecule has 0 aliphatic heterocycles. The Hall–Kier alpha value is -2.36. The van der Waals surface area contributed by atoms with Crippen LogP contribution < -0.4 is 4.80 Å². The number of nitrogens with zero attached hydrogens (tertiary/aromatic N) is 2. The Labute approximate surface area is 157 Å². The van der Waals surface area contributed by atoms with E-state index in [1.165, 1.54) is 16.9 Å². The average Bonchev–Trinajstić information content (AvgIpc) is 2.97. The van der Waals surface area contributed by atoms with Gasteiger partial charge in [0.05, 0.1) is 21.7 Å². The number of aryl methyl sites for hydroxylation is 1. The van der Waals surface area contributed by atoms with Crippen LogP contribution >= 0.6 is 11.3 Å². The van der Waals surface area contributed by atoms with Gasteiger partial charge in [-0.25, -0.2) is 0 Å². The third-order valence-corrected chi connectivity index (χ3v) is 6.49. The van der Waals surface area contributed by atoms with Gasteiger partial charge in [0.25, 0.3) is 10.0 Å². The highest BCUT2D eigenvalue weighted by Gasteiger charge is 2.14. The minimum Gasteiger partial charge on any atom is -0.304 e. The summed E-state index contributed by atoms with van der Waals surface area (Å²) >= 11 is 1.35. The van der Waals surface area contributed by atoms with E-state index >= 15 is 0 Å². The van der Waals surface area contributed by atoms with Crippen molar-refractivity contribution in [3.63, 3.8) is 0 Å². The summed E-state index contributed by atoms with van der Waals surface area (Å²) in [4.78, 5) is 0.572. The Morgan fingerprint density at radius 3 is 2.65 bits per heavy atom. The number of terminal acetylenes is 1. The predicted molar refractivity (Wildman–Crippen MR) is 106 cm³/mol. The van der Waals surface area contributed by atoms with Gasteiger partial charge in [0.2, 0.25) is 4.80 Å². The van der Waals surface area contributed by atoms with Crippen molar-refractivity contribution in [1.29, 1.82) is 0 Å². The van der Waals surface area contributed by atoms with E-state index in [1.54, 1.807) is 34.9 Å². The molecular weight excluding hydrogens is 364 g/mol. The first-order chi connectivity index (χ1) is 12.5. The number of benzene rings is 2. The molecule has 2 aromatic carbocycles. The molecule has 0 aliphatic carbocycles. The van der Waals surface area contributed by atoms with Crippen LogP contribution in [0.1, 0.15) is 25.3 Å². The number of fused-ring (bicyclic) bond motifs is 1. The third-order valence-electron chi connectivity index (χ3n) is 4.05. The highest BCUT2D eigenvalue weighted by atomic mass is 32.2. The molecule has 0 saturated heterocycles. The summed E-state index contributed by atoms with van der Waals surface area (Å²) in [5, 5.41) is 0. The lowest BCUT2D eigenvalue weighted by Crippen LogP contribution is -2.16. The van der Waals surface area contributed by atoms with Gasteiger partial charge in [0, 0.05) is 0 Å². The summed E-state index contributed by atoms with van der Waals surface area (Å²) in [6, 6.07) is 14.4. The first-order valence-corrected chi connectivity index (χ1v) is 10.7. The quantitative estimate of drug-likeness (QED) is 0.604. The van der Waals surface area contributed by atoms with Crippen molar-refractivity contribution in [2.45, 2.75) is 37.6 Å². The van der Waals surface area contributed by atoms with Gasteiger partial charge >= 0.3 is 0 Å². The van der Waals surface area contributed by atoms with Crippen LogP contribution in [0.2, 0.25) is 0 Å². The Kier molecular flexibility index (Phi) is 5.60. The Bertz CT molecular complexity index is 1120. The fourth-order valence-corrected chi connectivity index (χ4v) is 5.03. The molecule has 6 heteroatoms. The zero-order valence-corrected chi connectivity index (χ0v) is 16.2. The van der Waals surface area contributed by atoms with Crippen LogP contribution in [0.25, 0.3) is 10.2 Å². The van der Waals surface area contributed by atoms with Gasteiger partial charge in [-0.1, -0.05) is 54.9 Å². The van der Waals surface area contributed by atoms with Crippen molar-refractivity contribution in [3.8, 4) is 12.3 Å². The molecule has 0 fully saturated rings. The van der Waals surface area contributed by atoms with Crippen LogP contribution in [-0.4, -0.2) is 13.0 Å². The molecule has 4 nitrogen and oxygen atoms in total. The third kappa shape index (κ3) is 3.90. The molecule has 0 amide bonds. The number of hydrogen-bond donors (Lipinski definition) is 0. The number of hydrogen-bond acceptors (Lipinski definition) is 3. The second-order valence-corrected chi connectivity index (χ2v) is 8.57. The van der Waals surface area contributed by atoms with Gasteiger partial charge in [0.1, 0.15) is 0 Å². The Balaban J connectivity index is 2.15. The standard InChI is InChI=1S/C20H20N2O2S2/c1-3-5-9-16-12-13-18-19(15-16)25-20(22(18)14-4-2)21-26(23,24)17-10-7-6-8-11-17/h2,6-8,10-13,15H,3,5,9,14H2,1H3/b21-20-. The molecule has 134 valence electrons. The van der Waals surface area contributed by atoms with Gasteiger partial charge in [-0.2, -0.15) is 8.42 Å². The second kappa shape index (κ2) is 7.90. The second-order valence-electron chi connectivity index (χ2n) is 5.96. The maximum Gasteiger partial charge on any atom is 0.285 e. The first kappa shape index (κ1) is 18.4. The Morgan fingerprint density at radius 2 is 1.96 bits per heavy atom. The lowest BCUT2D eigenvalue weighted by Gasteiger charge is -2.02. The summed E-state index contributed by atoms with van der Waals surface area (Å²) in [6.07, 6.45) is 8.76. The van der Waals surface area contributed by atoms with Gasteiger partial charge in [-0.05, 0) is 42.7 Å². The molecule has 0 N–H and O–H groups in total. The van der Waals surface area contributed by atoms with E-state index < -0.39 is 10.0 Å². The Morgan fingerprint density at radius 1 is 1.19 bits per heavy atom. The molecule has 0 aliphatic rings. The predicted octanol–water partition coefficient (Wildman–Crippen LogP) is 3.97. The van der Waals surface area contributed by atoms with Crippen molar-refractivity contribution in [1.82, 2.24) is 4.57 Å². The van der Waals surface area contributed by atoms with Crippen molar-refractivity contribution < 1.29 is 8.42 Å². The van der Waals surface area contributed by atoms with E-state index in [9.17, 15) is 8.42 Å². The summed E-state index contributed by atoms with van der Waals surface area (Å²) in [7, 11) is -3.78. The van der Waals surface area contributed by atoms with Crippen molar-refractivity contribution in [3.05, 3.63) is 58.9 Å². The van der Waals surface area contributed by atoms with Crippen molar-refractivity contribution in [2.75, 3.05) is 0 Å². The molecule has 1 aromatic heterocycles. The summed E-state index contributed by atoms with van der Waals surface area (Å²) in [5.74, 6) is 2.59. The number of sulfonamides is 1. The SMILES string of the molecule is C#CCn1/c(=N/S(=O)(=O)c2ccccc2)sc2cc(CCCC)ccc21. The number of unbranched alkanes of at least 4 members (excludes halogenated alkanes) is 1. The number of aromatic nitrogens is 1. The van der Waals surface area contributed by atoms with E-state index in [4.69, 9.17) is 6.42 Å². The fourth-order valence-electron chi connectivity index (χ4n) is 2.72. The lowest BCUT2D eigenvalue weighted by atomic mass is 10.1. The molecular formula is C20H20N2O2S2. The summed E-state index contributed by atoms with van der Waals surface area (Å²) in [6.45, 7) is 2.44. The highest BCUT2D eigenvalue weighted by molar-refractivity contribution is 7.90. The van der Waals surface area contributed by atoms with Crippen LogP contribution in [0.3, 0.4) is 0 Å². The van der Waals surface area contributed by atoms with Crippen molar-refractivity contribution >= 4 is 31.6 Å². The van der Waals surface area contributed by atoms with Crippen LogP contribution in [0.4, 0.5) is 0 Å². The summed E-state index contributed by atoms with van der Waals surface area (Å²) < 4.78 is 32.1. The van der Waals surface area contributed by atoms with Gasteiger partial charge in [-0.15, -0.1) is 10.8 Å². The smallest absolute Gasteiger partial charge is 0.285 e. The maximum absolute atomic E-state index is 12.6. The molecule has 0 spiro atoms. The van der Waals surface area contributed by atoms with Crippen LogP contribution in [0.15, 0.2) is 57.8 Å². The van der Waals surface area contributed by atoms with E-state index in [1.807, 2.05) is 6.07 Å². The molecule has 0 unspecified atom stereocenters. The van der Waals surface area contributed by atoms with Gasteiger partial charge in [0.15, 0.2) is 0 Å². The molecule has 3 aromatic rings. The molecule has 0 radical (unpaired) electrons. The van der Waals surface area contributed by atoms with Crippen LogP contribution in [0.5, 0.6) is 0 Å². The molecule has 0 atom stereocenters. The minimum atomic E-state index is -3.78. The number of rotatable bonds is 6. The average molecular weight is 385 g/mol. The lowest BCUT2D eigenvalue weighted by molar-refractivity contribution is 0.596. The largest absolute Gasteiger partial charge is 0.304 e. The molecule has 0 bridgehead atoms. The molecule has 1 heterocycles. The fraction of sp³-hybridized carbons (Fsp3) is 0.250. The van der Waals surface area contributed by atoms with E-state index in [0.717, 1.165) is 29.5 Å². The van der Waals surface area contributed by atoms with Crippen molar-refractivity contribution in [2.24, 2.45) is 4.40 Å². The highest BCUT2D eigenvalue weighted by Crippen LogP contribution is 2.21. The zero-order chi connectivity index (χ0) is 18.6. The minimum absolute atomic E-state index is 0.174. The number of thiazole rings is 1. The summed E-state index contributed by atoms with van der Waals surface area (Å²) in [5.41, 5.74) is 2.15. The van der Waals surface area contributed by atoms with Gasteiger partial charge in [-0.3, -0.25) is 0 Å². The molecule has 26 heavy (non-hydrogen) atoms. The van der Waals surface area contributed by atoms with Gasteiger partial charge < -0.3 is 4.57 Å². The van der Waals surface area contributed by atoms with Crippen LogP contribution in [0, 0.1) is 12.3 Å². The molecule has 3 rings (SSSR count). The molecule has 0 saturated carbocycles. The monoisotopic (exact) mass is 384 g/mol. The zero-order valence-electron chi connectivity index (χ0n) is 14.6. The van der Waals surface area contributed by atoms with E-state index in [-0.39, 0.29) is 11.4 Å². The van der Waals surface area contributed by atoms with E-state index in [0.29, 0.717) is 4.80 Å². The van der Waals surface area contributed by atoms with Crippen LogP contribution in [-0.2, 0) is 23.0 Å².